The second-order valence-electron chi connectivity index (χ2n) is 9.86. The van der Waals surface area contributed by atoms with Gasteiger partial charge in [-0.25, -0.2) is 0 Å². The average molecular weight is 517 g/mol. The highest BCUT2D eigenvalue weighted by Gasteiger charge is 2.28. The predicted octanol–water partition coefficient (Wildman–Crippen LogP) is 5.46. The van der Waals surface area contributed by atoms with Crippen molar-refractivity contribution in [3.05, 3.63) is 0 Å². The second-order valence-corrected chi connectivity index (χ2v) is 11.7. The summed E-state index contributed by atoms with van der Waals surface area (Å²) < 4.78 is 0.681. The molecule has 0 spiro atoms. The van der Waals surface area contributed by atoms with Crippen LogP contribution in [0, 0.1) is 23.2 Å². The summed E-state index contributed by atoms with van der Waals surface area (Å²) in [7, 11) is 0. The summed E-state index contributed by atoms with van der Waals surface area (Å²) in [5.41, 5.74) is 0. The minimum Gasteiger partial charge on any atom is -0.360 e. The van der Waals surface area contributed by atoms with Gasteiger partial charge < -0.3 is 9.80 Å². The molecule has 3 aliphatic rings. The standard InChI is InChI=1S/C24H45IN4/c1-3-27-15-12-23(13-16-27)24(26)29-18-10-22(11-19-29)8-7-21-6-4-5-14-28(17-9-21)20(2)25/h20-23,26H,3-19H2,1-2H3/t20?,21-/m0/s1. The first kappa shape index (κ1) is 23.8. The SMILES string of the molecule is CCN1CCC(C(=N)N2CCC(CC[C@@H]3CCCCN(C(C)I)CC3)CC2)CC1. The van der Waals surface area contributed by atoms with E-state index in [-0.39, 0.29) is 0 Å². The summed E-state index contributed by atoms with van der Waals surface area (Å²) in [5, 5.41) is 8.73. The molecule has 0 bridgehead atoms. The third kappa shape index (κ3) is 7.34. The van der Waals surface area contributed by atoms with E-state index >= 15 is 0 Å². The molecule has 3 aliphatic heterocycles. The van der Waals surface area contributed by atoms with Crippen molar-refractivity contribution in [1.82, 2.24) is 14.7 Å². The Kier molecular flexibility index (Phi) is 10.0. The van der Waals surface area contributed by atoms with Crippen molar-refractivity contribution < 1.29 is 0 Å². The monoisotopic (exact) mass is 516 g/mol. The van der Waals surface area contributed by atoms with Crippen LogP contribution in [0.3, 0.4) is 0 Å². The number of hydrogen-bond donors (Lipinski definition) is 1. The number of amidine groups is 1. The lowest BCUT2D eigenvalue weighted by molar-refractivity contribution is 0.188. The Morgan fingerprint density at radius 2 is 1.48 bits per heavy atom. The van der Waals surface area contributed by atoms with Gasteiger partial charge in [-0.3, -0.25) is 10.3 Å². The lowest BCUT2D eigenvalue weighted by Gasteiger charge is -2.39. The van der Waals surface area contributed by atoms with Crippen LogP contribution in [0.5, 0.6) is 0 Å². The Morgan fingerprint density at radius 3 is 2.10 bits per heavy atom. The van der Waals surface area contributed by atoms with Crippen molar-refractivity contribution in [2.24, 2.45) is 17.8 Å². The van der Waals surface area contributed by atoms with Gasteiger partial charge in [-0.1, -0.05) is 55.2 Å². The topological polar surface area (TPSA) is 33.6 Å². The maximum atomic E-state index is 8.73. The molecule has 3 fully saturated rings. The number of hydrogen-bond acceptors (Lipinski definition) is 3. The zero-order valence-electron chi connectivity index (χ0n) is 19.0. The molecule has 0 amide bonds. The van der Waals surface area contributed by atoms with Crippen LogP contribution in [0.1, 0.15) is 78.1 Å². The van der Waals surface area contributed by atoms with Crippen LogP contribution in [0.15, 0.2) is 0 Å². The maximum Gasteiger partial charge on any atom is 0.0990 e. The van der Waals surface area contributed by atoms with Gasteiger partial charge >= 0.3 is 0 Å². The van der Waals surface area contributed by atoms with Crippen LogP contribution in [0.4, 0.5) is 0 Å². The Balaban J connectivity index is 1.35. The Labute approximate surface area is 193 Å². The van der Waals surface area contributed by atoms with E-state index in [2.05, 4.69) is 51.1 Å². The van der Waals surface area contributed by atoms with Gasteiger partial charge in [-0.2, -0.15) is 0 Å². The Bertz CT molecular complexity index is 481. The van der Waals surface area contributed by atoms with Crippen LogP contribution >= 0.6 is 22.6 Å². The van der Waals surface area contributed by atoms with E-state index < -0.39 is 0 Å². The van der Waals surface area contributed by atoms with Gasteiger partial charge in [-0.15, -0.1) is 0 Å². The van der Waals surface area contributed by atoms with Gasteiger partial charge in [0, 0.05) is 19.0 Å². The van der Waals surface area contributed by atoms with E-state index in [0.29, 0.717) is 9.97 Å². The molecule has 0 aromatic rings. The molecule has 3 rings (SSSR count). The first-order valence-corrected chi connectivity index (χ1v) is 13.7. The average Bonchev–Trinajstić information content (AvgIpc) is 2.73. The van der Waals surface area contributed by atoms with Gasteiger partial charge in [0.1, 0.15) is 0 Å². The summed E-state index contributed by atoms with van der Waals surface area (Å²) >= 11 is 2.58. The molecule has 3 heterocycles. The quantitative estimate of drug-likeness (QED) is 0.167. The van der Waals surface area contributed by atoms with E-state index in [1.807, 2.05) is 0 Å². The molecule has 4 nitrogen and oxygen atoms in total. The van der Waals surface area contributed by atoms with Gasteiger partial charge in [-0.05, 0) is 90.0 Å². The maximum absolute atomic E-state index is 8.73. The molecule has 3 saturated heterocycles. The molecule has 29 heavy (non-hydrogen) atoms. The van der Waals surface area contributed by atoms with Crippen molar-refractivity contribution in [3.63, 3.8) is 0 Å². The zero-order chi connectivity index (χ0) is 20.6. The van der Waals surface area contributed by atoms with Crippen LogP contribution in [0.2, 0.25) is 0 Å². The number of likely N-dealkylation sites (tertiary alicyclic amines) is 3. The molecule has 5 heteroatoms. The normalized spacial score (nSPS) is 28.1. The molecular formula is C24H45IN4. The van der Waals surface area contributed by atoms with Gasteiger partial charge in [0.05, 0.1) is 9.88 Å². The summed E-state index contributed by atoms with van der Waals surface area (Å²) in [5.74, 6) is 3.35. The number of alkyl halides is 1. The van der Waals surface area contributed by atoms with Gasteiger partial charge in [0.2, 0.25) is 0 Å². The van der Waals surface area contributed by atoms with Gasteiger partial charge in [0.25, 0.3) is 0 Å². The molecule has 0 radical (unpaired) electrons. The minimum atomic E-state index is 0.521. The van der Waals surface area contributed by atoms with Gasteiger partial charge in [0.15, 0.2) is 0 Å². The fourth-order valence-corrected chi connectivity index (χ4v) is 6.27. The Morgan fingerprint density at radius 1 is 0.862 bits per heavy atom. The molecule has 1 N–H and O–H groups in total. The van der Waals surface area contributed by atoms with E-state index in [1.165, 1.54) is 96.9 Å². The third-order valence-corrected chi connectivity index (χ3v) is 8.78. The van der Waals surface area contributed by atoms with Crippen molar-refractivity contribution in [3.8, 4) is 0 Å². The Hall–Kier alpha value is 0.120. The number of rotatable bonds is 6. The fraction of sp³-hybridized carbons (Fsp3) is 0.958. The molecule has 168 valence electrons. The minimum absolute atomic E-state index is 0.521. The van der Waals surface area contributed by atoms with E-state index in [0.717, 1.165) is 30.8 Å². The fourth-order valence-electron chi connectivity index (χ4n) is 5.71. The third-order valence-electron chi connectivity index (χ3n) is 8.00. The second kappa shape index (κ2) is 12.2. The molecule has 0 aromatic heterocycles. The number of nitrogens with one attached hydrogen (secondary N) is 1. The molecule has 0 saturated carbocycles. The first-order valence-electron chi connectivity index (χ1n) is 12.5. The number of nitrogens with zero attached hydrogens (tertiary/aromatic N) is 3. The van der Waals surface area contributed by atoms with Crippen molar-refractivity contribution in [2.75, 3.05) is 45.8 Å². The highest BCUT2D eigenvalue weighted by atomic mass is 127. The molecular weight excluding hydrogens is 471 g/mol. The van der Waals surface area contributed by atoms with Crippen molar-refractivity contribution in [1.29, 1.82) is 5.41 Å². The predicted molar refractivity (Wildman–Crippen MR) is 133 cm³/mol. The summed E-state index contributed by atoms with van der Waals surface area (Å²) in [6.45, 7) is 13.0. The lowest BCUT2D eigenvalue weighted by Crippen LogP contribution is -2.45. The first-order chi connectivity index (χ1) is 14.1. The number of halogens is 1. The highest BCUT2D eigenvalue weighted by Crippen LogP contribution is 2.30. The van der Waals surface area contributed by atoms with Crippen LogP contribution < -0.4 is 0 Å². The summed E-state index contributed by atoms with van der Waals surface area (Å²) in [4.78, 5) is 7.64. The molecule has 0 aliphatic carbocycles. The smallest absolute Gasteiger partial charge is 0.0990 e. The van der Waals surface area contributed by atoms with Crippen LogP contribution in [0.25, 0.3) is 0 Å². The number of piperidine rings is 2. The molecule has 1 unspecified atom stereocenters. The van der Waals surface area contributed by atoms with E-state index in [1.54, 1.807) is 0 Å². The zero-order valence-corrected chi connectivity index (χ0v) is 21.2. The molecule has 0 aromatic carbocycles. The van der Waals surface area contributed by atoms with E-state index in [9.17, 15) is 0 Å². The van der Waals surface area contributed by atoms with Crippen LogP contribution in [-0.4, -0.2) is 70.4 Å². The molecule has 2 atom stereocenters. The van der Waals surface area contributed by atoms with E-state index in [4.69, 9.17) is 5.41 Å². The highest BCUT2D eigenvalue weighted by molar-refractivity contribution is 14.1. The van der Waals surface area contributed by atoms with Crippen LogP contribution in [-0.2, 0) is 0 Å². The lowest BCUT2D eigenvalue weighted by atomic mass is 9.84. The largest absolute Gasteiger partial charge is 0.360 e. The van der Waals surface area contributed by atoms with Crippen molar-refractivity contribution >= 4 is 28.4 Å². The summed E-state index contributed by atoms with van der Waals surface area (Å²) in [6.07, 6.45) is 13.6. The van der Waals surface area contributed by atoms with Crippen molar-refractivity contribution in [2.45, 2.75) is 82.1 Å². The summed E-state index contributed by atoms with van der Waals surface area (Å²) in [6, 6.07) is 0.